The summed E-state index contributed by atoms with van der Waals surface area (Å²) in [5.74, 6) is -0.481. The lowest BCUT2D eigenvalue weighted by molar-refractivity contribution is -0.122. The topological polar surface area (TPSA) is 50.3 Å². The minimum Gasteiger partial charge on any atom is -0.274 e. The van der Waals surface area contributed by atoms with Gasteiger partial charge in [-0.15, -0.1) is 0 Å². The molecule has 0 unspecified atom stereocenters. The summed E-state index contributed by atoms with van der Waals surface area (Å²) in [5, 5.41) is 0. The van der Waals surface area contributed by atoms with Gasteiger partial charge in [0.1, 0.15) is 0 Å². The van der Waals surface area contributed by atoms with Gasteiger partial charge >= 0.3 is 0 Å². The molecule has 2 aliphatic rings. The van der Waals surface area contributed by atoms with E-state index in [9.17, 15) is 9.59 Å². The van der Waals surface area contributed by atoms with Crippen LogP contribution in [0.5, 0.6) is 0 Å². The Kier molecular flexibility index (Phi) is 3.73. The van der Waals surface area contributed by atoms with Gasteiger partial charge in [0, 0.05) is 12.4 Å². The fraction of sp³-hybridized carbons (Fsp3) is 0.250. The Morgan fingerprint density at radius 3 is 1.96 bits per heavy atom. The number of nitrogens with zero attached hydrogens (tertiary/aromatic N) is 2. The standard InChI is InChI=1S/C20H18N2O2/c23-19-17-3-1-2-4-18(17)20(24)22(19)16-7-5-14(6-8-16)13-15-9-11-21-12-10-15/h1-2,5-12,17-18H,3-4,13H2/t17-,18-/m1/s1. The first-order chi connectivity index (χ1) is 11.7. The molecule has 1 aliphatic heterocycles. The van der Waals surface area contributed by atoms with Crippen LogP contribution in [0.3, 0.4) is 0 Å². The van der Waals surface area contributed by atoms with Crippen LogP contribution in [0.4, 0.5) is 5.69 Å². The number of amides is 2. The first kappa shape index (κ1) is 14.8. The molecule has 0 spiro atoms. The fourth-order valence-electron chi connectivity index (χ4n) is 3.55. The Morgan fingerprint density at radius 2 is 1.38 bits per heavy atom. The van der Waals surface area contributed by atoms with Crippen molar-refractivity contribution in [2.45, 2.75) is 19.3 Å². The zero-order chi connectivity index (χ0) is 16.5. The molecule has 120 valence electrons. The molecule has 1 fully saturated rings. The lowest BCUT2D eigenvalue weighted by Gasteiger charge is -2.15. The Hall–Kier alpha value is -2.75. The molecule has 4 heteroatoms. The molecule has 1 aliphatic carbocycles. The lowest BCUT2D eigenvalue weighted by atomic mass is 9.85. The number of allylic oxidation sites excluding steroid dienone is 2. The van der Waals surface area contributed by atoms with Gasteiger partial charge in [-0.2, -0.15) is 0 Å². The van der Waals surface area contributed by atoms with Gasteiger partial charge in [-0.25, -0.2) is 0 Å². The van der Waals surface area contributed by atoms with Crippen LogP contribution in [0.25, 0.3) is 0 Å². The maximum absolute atomic E-state index is 12.6. The van der Waals surface area contributed by atoms with E-state index >= 15 is 0 Å². The summed E-state index contributed by atoms with van der Waals surface area (Å²) in [4.78, 5) is 30.6. The van der Waals surface area contributed by atoms with Gasteiger partial charge in [0.05, 0.1) is 17.5 Å². The molecule has 0 saturated carbocycles. The van der Waals surface area contributed by atoms with E-state index < -0.39 is 0 Å². The molecular formula is C20H18N2O2. The minimum atomic E-state index is -0.181. The number of hydrogen-bond acceptors (Lipinski definition) is 3. The van der Waals surface area contributed by atoms with E-state index in [1.54, 1.807) is 12.4 Å². The maximum atomic E-state index is 12.6. The smallest absolute Gasteiger partial charge is 0.238 e. The number of benzene rings is 1. The molecular weight excluding hydrogens is 300 g/mol. The molecule has 2 amide bonds. The minimum absolute atomic E-state index is 0.0590. The molecule has 1 saturated heterocycles. The number of hydrogen-bond donors (Lipinski definition) is 0. The van der Waals surface area contributed by atoms with Crippen molar-refractivity contribution in [3.63, 3.8) is 0 Å². The summed E-state index contributed by atoms with van der Waals surface area (Å²) in [6.45, 7) is 0. The number of fused-ring (bicyclic) bond motifs is 1. The third-order valence-electron chi connectivity index (χ3n) is 4.86. The van der Waals surface area contributed by atoms with Crippen molar-refractivity contribution in [3.8, 4) is 0 Å². The Labute approximate surface area is 140 Å². The van der Waals surface area contributed by atoms with Gasteiger partial charge in [0.2, 0.25) is 11.8 Å². The first-order valence-electron chi connectivity index (χ1n) is 8.24. The van der Waals surface area contributed by atoms with Gasteiger partial charge in [0.25, 0.3) is 0 Å². The number of imide groups is 1. The van der Waals surface area contributed by atoms with Crippen molar-refractivity contribution < 1.29 is 9.59 Å². The van der Waals surface area contributed by atoms with Gasteiger partial charge in [-0.1, -0.05) is 24.3 Å². The van der Waals surface area contributed by atoms with Gasteiger partial charge in [-0.05, 0) is 54.7 Å². The lowest BCUT2D eigenvalue weighted by Crippen LogP contribution is -2.30. The number of rotatable bonds is 3. The van der Waals surface area contributed by atoms with Crippen LogP contribution < -0.4 is 4.90 Å². The van der Waals surface area contributed by atoms with E-state index in [0.717, 1.165) is 12.0 Å². The number of carbonyl (C=O) groups is 2. The summed E-state index contributed by atoms with van der Waals surface area (Å²) in [5.41, 5.74) is 3.00. The highest BCUT2D eigenvalue weighted by Crippen LogP contribution is 2.37. The summed E-state index contributed by atoms with van der Waals surface area (Å²) in [6, 6.07) is 11.7. The second-order valence-corrected chi connectivity index (χ2v) is 6.37. The van der Waals surface area contributed by atoms with Crippen LogP contribution in [0.15, 0.2) is 60.9 Å². The van der Waals surface area contributed by atoms with E-state index in [-0.39, 0.29) is 23.7 Å². The van der Waals surface area contributed by atoms with Crippen molar-refractivity contribution in [2.24, 2.45) is 11.8 Å². The monoisotopic (exact) mass is 318 g/mol. The van der Waals surface area contributed by atoms with Crippen molar-refractivity contribution in [1.82, 2.24) is 4.98 Å². The van der Waals surface area contributed by atoms with Crippen LogP contribution in [-0.4, -0.2) is 16.8 Å². The Bertz CT molecular complexity index is 770. The van der Waals surface area contributed by atoms with E-state index in [2.05, 4.69) is 4.98 Å². The second kappa shape index (κ2) is 6.04. The van der Waals surface area contributed by atoms with Crippen LogP contribution in [0.1, 0.15) is 24.0 Å². The number of carbonyl (C=O) groups excluding carboxylic acids is 2. The molecule has 0 radical (unpaired) electrons. The molecule has 0 N–H and O–H groups in total. The summed E-state index contributed by atoms with van der Waals surface area (Å²) >= 11 is 0. The highest BCUT2D eigenvalue weighted by Gasteiger charge is 2.47. The van der Waals surface area contributed by atoms with E-state index in [4.69, 9.17) is 0 Å². The molecule has 24 heavy (non-hydrogen) atoms. The van der Waals surface area contributed by atoms with Crippen molar-refractivity contribution in [3.05, 3.63) is 72.1 Å². The highest BCUT2D eigenvalue weighted by molar-refractivity contribution is 6.22. The molecule has 1 aromatic carbocycles. The summed E-state index contributed by atoms with van der Waals surface area (Å²) < 4.78 is 0. The normalized spacial score (nSPS) is 22.8. The van der Waals surface area contributed by atoms with Crippen molar-refractivity contribution in [1.29, 1.82) is 0 Å². The molecule has 1 aromatic heterocycles. The van der Waals surface area contributed by atoms with Crippen LogP contribution in [0.2, 0.25) is 0 Å². The fourth-order valence-corrected chi connectivity index (χ4v) is 3.55. The van der Waals surface area contributed by atoms with E-state index in [0.29, 0.717) is 18.5 Å². The van der Waals surface area contributed by atoms with Gasteiger partial charge < -0.3 is 0 Å². The Morgan fingerprint density at radius 1 is 0.833 bits per heavy atom. The molecule has 2 heterocycles. The zero-order valence-corrected chi connectivity index (χ0v) is 13.3. The SMILES string of the molecule is O=C1[C@@H]2CC=CC[C@H]2C(=O)N1c1ccc(Cc2ccncc2)cc1. The van der Waals surface area contributed by atoms with Crippen LogP contribution >= 0.6 is 0 Å². The van der Waals surface area contributed by atoms with Gasteiger partial charge in [0.15, 0.2) is 0 Å². The highest BCUT2D eigenvalue weighted by atomic mass is 16.2. The summed E-state index contributed by atoms with van der Waals surface area (Å²) in [6.07, 6.45) is 9.72. The predicted molar refractivity (Wildman–Crippen MR) is 91.3 cm³/mol. The molecule has 2 aromatic rings. The number of aromatic nitrogens is 1. The second-order valence-electron chi connectivity index (χ2n) is 6.37. The third kappa shape index (κ3) is 2.54. The van der Waals surface area contributed by atoms with Crippen LogP contribution in [0, 0.1) is 11.8 Å². The van der Waals surface area contributed by atoms with Crippen molar-refractivity contribution in [2.75, 3.05) is 4.90 Å². The van der Waals surface area contributed by atoms with E-state index in [1.165, 1.54) is 10.5 Å². The summed E-state index contributed by atoms with van der Waals surface area (Å²) in [7, 11) is 0. The average Bonchev–Trinajstić information content (AvgIpc) is 2.88. The molecule has 0 bridgehead atoms. The third-order valence-corrected chi connectivity index (χ3v) is 4.86. The zero-order valence-electron chi connectivity index (χ0n) is 13.3. The van der Waals surface area contributed by atoms with Crippen molar-refractivity contribution >= 4 is 17.5 Å². The largest absolute Gasteiger partial charge is 0.274 e. The van der Waals surface area contributed by atoms with E-state index in [1.807, 2.05) is 48.6 Å². The maximum Gasteiger partial charge on any atom is 0.238 e. The number of anilines is 1. The van der Waals surface area contributed by atoms with Crippen LogP contribution in [-0.2, 0) is 16.0 Å². The first-order valence-corrected chi connectivity index (χ1v) is 8.24. The molecule has 2 atom stereocenters. The number of pyridine rings is 1. The predicted octanol–water partition coefficient (Wildman–Crippen LogP) is 3.13. The molecule has 4 nitrogen and oxygen atoms in total. The average molecular weight is 318 g/mol. The quantitative estimate of drug-likeness (QED) is 0.645. The van der Waals surface area contributed by atoms with Gasteiger partial charge in [-0.3, -0.25) is 19.5 Å². The molecule has 4 rings (SSSR count). The Balaban J connectivity index is 1.55.